The van der Waals surface area contributed by atoms with E-state index >= 15 is 0 Å². The number of aromatic nitrogens is 1. The molecule has 0 saturated carbocycles. The fourth-order valence-electron chi connectivity index (χ4n) is 4.70. The number of ether oxygens (including phenoxy) is 1. The van der Waals surface area contributed by atoms with Crippen molar-refractivity contribution in [1.82, 2.24) is 10.3 Å². The summed E-state index contributed by atoms with van der Waals surface area (Å²) >= 11 is 3.52. The zero-order chi connectivity index (χ0) is 28.5. The fraction of sp³-hybridized carbons (Fsp3) is 0.176. The van der Waals surface area contributed by atoms with Crippen molar-refractivity contribution in [2.24, 2.45) is 0 Å². The number of aryl methyl sites for hydroxylation is 1. The van der Waals surface area contributed by atoms with Crippen LogP contribution in [0.1, 0.15) is 22.3 Å². The molecule has 0 aliphatic carbocycles. The van der Waals surface area contributed by atoms with Crippen molar-refractivity contribution in [2.45, 2.75) is 12.5 Å². The molecule has 0 radical (unpaired) electrons. The summed E-state index contributed by atoms with van der Waals surface area (Å²) in [4.78, 5) is 18.4. The van der Waals surface area contributed by atoms with Crippen LogP contribution in [0.5, 0.6) is 0 Å². The Morgan fingerprint density at radius 3 is 1.80 bits per heavy atom. The molecule has 0 bridgehead atoms. The number of esters is 1. The number of methoxy groups -OCH3 is 1. The monoisotopic (exact) mass is 595 g/mol. The first-order valence-corrected chi connectivity index (χ1v) is 13.9. The van der Waals surface area contributed by atoms with E-state index in [0.29, 0.717) is 0 Å². The SMILES string of the molecule is COC(=O)CNC(c1ccccc1)(c1ccccc1)c1ccccc1.Cc1ccc(Br)c2ncc(N(C)C)cc12. The fourth-order valence-corrected chi connectivity index (χ4v) is 5.15. The number of halogens is 1. The summed E-state index contributed by atoms with van der Waals surface area (Å²) in [6.07, 6.45) is 1.90. The number of anilines is 1. The highest BCUT2D eigenvalue weighted by Crippen LogP contribution is 2.36. The second kappa shape index (κ2) is 13.4. The van der Waals surface area contributed by atoms with Gasteiger partial charge in [-0.05, 0) is 57.2 Å². The number of nitrogens with zero attached hydrogens (tertiary/aromatic N) is 2. The maximum Gasteiger partial charge on any atom is 0.319 e. The second-order valence-electron chi connectivity index (χ2n) is 9.63. The van der Waals surface area contributed by atoms with Gasteiger partial charge in [-0.2, -0.15) is 0 Å². The summed E-state index contributed by atoms with van der Waals surface area (Å²) in [5, 5.41) is 4.66. The molecule has 0 amide bonds. The van der Waals surface area contributed by atoms with E-state index in [9.17, 15) is 4.79 Å². The van der Waals surface area contributed by atoms with Crippen LogP contribution in [0.3, 0.4) is 0 Å². The summed E-state index contributed by atoms with van der Waals surface area (Å²) in [6.45, 7) is 2.21. The van der Waals surface area contributed by atoms with Crippen LogP contribution in [0.2, 0.25) is 0 Å². The maximum absolute atomic E-state index is 11.9. The number of carbonyl (C=O) groups is 1. The third-order valence-corrected chi connectivity index (χ3v) is 7.51. The quantitative estimate of drug-likeness (QED) is 0.160. The third-order valence-electron chi connectivity index (χ3n) is 6.87. The molecule has 1 heterocycles. The number of carbonyl (C=O) groups excluding carboxylic acids is 1. The van der Waals surface area contributed by atoms with Crippen molar-refractivity contribution in [3.05, 3.63) is 142 Å². The normalized spacial score (nSPS) is 10.9. The number of rotatable bonds is 7. The molecule has 5 aromatic rings. The lowest BCUT2D eigenvalue weighted by molar-refractivity contribution is -0.139. The van der Waals surface area contributed by atoms with Crippen molar-refractivity contribution in [3.63, 3.8) is 0 Å². The second-order valence-corrected chi connectivity index (χ2v) is 10.5. The summed E-state index contributed by atoms with van der Waals surface area (Å²) in [5.41, 5.74) is 5.97. The molecule has 0 atom stereocenters. The Morgan fingerprint density at radius 2 is 1.35 bits per heavy atom. The Balaban J connectivity index is 0.000000210. The van der Waals surface area contributed by atoms with Gasteiger partial charge in [0, 0.05) is 24.0 Å². The molecule has 5 rings (SSSR count). The molecule has 0 fully saturated rings. The number of benzene rings is 4. The van der Waals surface area contributed by atoms with E-state index in [1.807, 2.05) is 81.0 Å². The molecule has 6 heteroatoms. The topological polar surface area (TPSA) is 54.5 Å². The molecule has 0 unspecified atom stereocenters. The molecule has 0 spiro atoms. The van der Waals surface area contributed by atoms with E-state index in [-0.39, 0.29) is 12.5 Å². The first-order chi connectivity index (χ1) is 19.4. The average molecular weight is 597 g/mol. The number of hydrogen-bond acceptors (Lipinski definition) is 5. The van der Waals surface area contributed by atoms with Crippen molar-refractivity contribution >= 4 is 38.5 Å². The summed E-state index contributed by atoms with van der Waals surface area (Å²) in [5.74, 6) is -0.299. The van der Waals surface area contributed by atoms with Crippen molar-refractivity contribution in [2.75, 3.05) is 32.6 Å². The van der Waals surface area contributed by atoms with E-state index in [4.69, 9.17) is 4.74 Å². The highest BCUT2D eigenvalue weighted by molar-refractivity contribution is 9.10. The molecule has 5 nitrogen and oxygen atoms in total. The van der Waals surface area contributed by atoms with Gasteiger partial charge in [-0.25, -0.2) is 0 Å². The lowest BCUT2D eigenvalue weighted by Crippen LogP contribution is -2.47. The Hall–Kier alpha value is -4.00. The molecule has 1 aromatic heterocycles. The van der Waals surface area contributed by atoms with E-state index < -0.39 is 5.54 Å². The summed E-state index contributed by atoms with van der Waals surface area (Å²) in [7, 11) is 5.45. The van der Waals surface area contributed by atoms with Crippen LogP contribution < -0.4 is 10.2 Å². The minimum atomic E-state index is -0.641. The van der Waals surface area contributed by atoms with Crippen LogP contribution >= 0.6 is 15.9 Å². The Labute approximate surface area is 245 Å². The van der Waals surface area contributed by atoms with Crippen LogP contribution in [0.25, 0.3) is 10.9 Å². The Morgan fingerprint density at radius 1 is 0.850 bits per heavy atom. The van der Waals surface area contributed by atoms with Crippen molar-refractivity contribution < 1.29 is 9.53 Å². The highest BCUT2D eigenvalue weighted by atomic mass is 79.9. The minimum Gasteiger partial charge on any atom is -0.468 e. The van der Waals surface area contributed by atoms with E-state index in [1.54, 1.807) is 0 Å². The minimum absolute atomic E-state index is 0.106. The van der Waals surface area contributed by atoms with Crippen LogP contribution in [0.4, 0.5) is 5.69 Å². The van der Waals surface area contributed by atoms with Crippen LogP contribution in [0.15, 0.2) is 120 Å². The van der Waals surface area contributed by atoms with Gasteiger partial charge in [0.1, 0.15) is 0 Å². The standard InChI is InChI=1S/C22H21NO2.C12H13BrN2/c1-25-21(24)17-23-22(18-11-5-2-6-12-18,19-13-7-3-8-14-19)20-15-9-4-10-16-20;1-8-4-5-11(13)12-10(8)6-9(7-14-12)15(2)3/h2-16,23H,17H2,1H3;4-7H,1-3H3. The van der Waals surface area contributed by atoms with Gasteiger partial charge in [0.25, 0.3) is 0 Å². The van der Waals surface area contributed by atoms with Gasteiger partial charge in [-0.15, -0.1) is 0 Å². The number of hydrogen-bond donors (Lipinski definition) is 1. The third kappa shape index (κ3) is 6.41. The Kier molecular flexibility index (Phi) is 9.70. The van der Waals surface area contributed by atoms with Gasteiger partial charge in [0.15, 0.2) is 0 Å². The highest BCUT2D eigenvalue weighted by Gasteiger charge is 2.36. The van der Waals surface area contributed by atoms with Gasteiger partial charge in [-0.1, -0.05) is 97.1 Å². The summed E-state index contributed by atoms with van der Waals surface area (Å²) < 4.78 is 5.90. The Bertz CT molecular complexity index is 1450. The number of nitrogens with one attached hydrogen (secondary N) is 1. The molecular formula is C34H34BrN3O2. The van der Waals surface area contributed by atoms with Crippen molar-refractivity contribution in [1.29, 1.82) is 0 Å². The molecule has 1 N–H and O–H groups in total. The molecule has 0 aliphatic heterocycles. The smallest absolute Gasteiger partial charge is 0.319 e. The first-order valence-electron chi connectivity index (χ1n) is 13.1. The predicted molar refractivity (Wildman–Crippen MR) is 168 cm³/mol. The molecular weight excluding hydrogens is 562 g/mol. The zero-order valence-corrected chi connectivity index (χ0v) is 24.9. The van der Waals surface area contributed by atoms with Crippen LogP contribution in [-0.2, 0) is 15.1 Å². The van der Waals surface area contributed by atoms with Gasteiger partial charge in [-0.3, -0.25) is 15.1 Å². The maximum atomic E-state index is 11.9. The van der Waals surface area contributed by atoms with Gasteiger partial charge >= 0.3 is 5.97 Å². The van der Waals surface area contributed by atoms with E-state index in [0.717, 1.165) is 32.4 Å². The van der Waals surface area contributed by atoms with Crippen LogP contribution in [0, 0.1) is 6.92 Å². The molecule has 0 aliphatic rings. The lowest BCUT2D eigenvalue weighted by Gasteiger charge is -2.36. The van der Waals surface area contributed by atoms with Gasteiger partial charge in [0.05, 0.1) is 36.6 Å². The van der Waals surface area contributed by atoms with E-state index in [1.165, 1.54) is 18.1 Å². The number of pyridine rings is 1. The largest absolute Gasteiger partial charge is 0.468 e. The number of fused-ring (bicyclic) bond motifs is 1. The van der Waals surface area contributed by atoms with Gasteiger partial charge < -0.3 is 9.64 Å². The molecule has 204 valence electrons. The molecule has 4 aromatic carbocycles. The lowest BCUT2D eigenvalue weighted by atomic mass is 9.77. The average Bonchev–Trinajstić information content (AvgIpc) is 3.01. The first kappa shape index (κ1) is 29.0. The zero-order valence-electron chi connectivity index (χ0n) is 23.3. The molecule has 40 heavy (non-hydrogen) atoms. The van der Waals surface area contributed by atoms with Gasteiger partial charge in [0.2, 0.25) is 0 Å². The molecule has 0 saturated heterocycles. The summed E-state index contributed by atoms with van der Waals surface area (Å²) in [6, 6.07) is 36.8. The predicted octanol–water partition coefficient (Wildman–Crippen LogP) is 7.11. The van der Waals surface area contributed by atoms with Crippen molar-refractivity contribution in [3.8, 4) is 0 Å². The van der Waals surface area contributed by atoms with Crippen LogP contribution in [-0.4, -0.2) is 38.7 Å². The van der Waals surface area contributed by atoms with E-state index in [2.05, 4.69) is 86.6 Å².